The number of carbonyl (C=O) groups excluding carboxylic acids is 2. The molecule has 0 aromatic rings. The summed E-state index contributed by atoms with van der Waals surface area (Å²) >= 11 is 0. The van der Waals surface area contributed by atoms with Crippen LogP contribution in [0.5, 0.6) is 0 Å². The van der Waals surface area contributed by atoms with E-state index in [1.807, 2.05) is 19.0 Å². The van der Waals surface area contributed by atoms with E-state index in [1.54, 1.807) is 0 Å². The van der Waals surface area contributed by atoms with E-state index in [1.165, 1.54) is 96.3 Å². The number of rotatable bonds is 42. The Labute approximate surface area is 350 Å². The number of hydrogen-bond acceptors (Lipinski definition) is 8. The molecular formula is C47H86NO8P. The number of carbonyl (C=O) groups is 2. The van der Waals surface area contributed by atoms with Crippen molar-refractivity contribution in [2.45, 2.75) is 200 Å². The van der Waals surface area contributed by atoms with Gasteiger partial charge in [-0.2, -0.15) is 0 Å². The predicted molar refractivity (Wildman–Crippen MR) is 238 cm³/mol. The minimum Gasteiger partial charge on any atom is -0.462 e. The lowest BCUT2D eigenvalue weighted by molar-refractivity contribution is -0.161. The molecular weight excluding hydrogens is 737 g/mol. The Morgan fingerprint density at radius 2 is 0.947 bits per heavy atom. The average molecular weight is 824 g/mol. The molecule has 10 heteroatoms. The average Bonchev–Trinajstić information content (AvgIpc) is 3.18. The normalized spacial score (nSPS) is 13.8. The number of unbranched alkanes of at least 4 members (excludes halogenated alkanes) is 20. The summed E-state index contributed by atoms with van der Waals surface area (Å²) in [7, 11) is -0.724. The molecule has 0 bridgehead atoms. The summed E-state index contributed by atoms with van der Waals surface area (Å²) in [5.74, 6) is -0.823. The monoisotopic (exact) mass is 824 g/mol. The molecule has 0 aromatic carbocycles. The summed E-state index contributed by atoms with van der Waals surface area (Å²) in [6.07, 6.45) is 47.2. The van der Waals surface area contributed by atoms with Gasteiger partial charge < -0.3 is 19.3 Å². The lowest BCUT2D eigenvalue weighted by Gasteiger charge is -2.20. The molecule has 0 rings (SSSR count). The van der Waals surface area contributed by atoms with Gasteiger partial charge in [-0.25, -0.2) is 4.57 Å². The Morgan fingerprint density at radius 3 is 1.39 bits per heavy atom. The van der Waals surface area contributed by atoms with E-state index in [4.69, 9.17) is 18.5 Å². The maximum Gasteiger partial charge on any atom is 0.472 e. The van der Waals surface area contributed by atoms with Crippen LogP contribution in [-0.4, -0.2) is 68.3 Å². The van der Waals surface area contributed by atoms with Gasteiger partial charge in [0.05, 0.1) is 13.2 Å². The largest absolute Gasteiger partial charge is 0.472 e. The van der Waals surface area contributed by atoms with Crippen molar-refractivity contribution in [2.75, 3.05) is 40.5 Å². The Hall–Kier alpha value is -2.03. The molecule has 0 heterocycles. The van der Waals surface area contributed by atoms with Crippen LogP contribution in [0.15, 0.2) is 48.6 Å². The number of likely N-dealkylation sites (N-methyl/N-ethyl adjacent to an activating group) is 1. The van der Waals surface area contributed by atoms with E-state index in [-0.39, 0.29) is 32.0 Å². The fourth-order valence-corrected chi connectivity index (χ4v) is 6.78. The summed E-state index contributed by atoms with van der Waals surface area (Å²) in [6.45, 7) is 4.25. The van der Waals surface area contributed by atoms with Crippen molar-refractivity contribution in [3.05, 3.63) is 48.6 Å². The van der Waals surface area contributed by atoms with Gasteiger partial charge in [0.1, 0.15) is 6.61 Å². The topological polar surface area (TPSA) is 112 Å². The number of allylic oxidation sites excluding steroid dienone is 8. The lowest BCUT2D eigenvalue weighted by atomic mass is 10.1. The molecule has 2 unspecified atom stereocenters. The fourth-order valence-electron chi connectivity index (χ4n) is 6.04. The highest BCUT2D eigenvalue weighted by Gasteiger charge is 2.26. The van der Waals surface area contributed by atoms with Gasteiger partial charge in [-0.1, -0.05) is 152 Å². The molecule has 0 aromatic heterocycles. The third kappa shape index (κ3) is 43.4. The Kier molecular flexibility index (Phi) is 40.6. The Bertz CT molecular complexity index is 1090. The second-order valence-corrected chi connectivity index (χ2v) is 17.0. The number of esters is 2. The van der Waals surface area contributed by atoms with Crippen LogP contribution in [0, 0.1) is 0 Å². The molecule has 1 N–H and O–H groups in total. The highest BCUT2D eigenvalue weighted by atomic mass is 31.2. The standard InChI is InChI=1S/C47H86NO8P/c1-5-7-9-11-13-15-17-19-21-22-23-24-26-27-29-31-33-35-37-39-46(49)53-43-45(44-55-57(51,52)54-42-41-48(3)4)56-47(50)40-38-36-34-32-30-28-25-20-18-16-14-12-10-8-6-2/h13-16,19-21,25,45H,5-12,17-18,22-24,26-44H2,1-4H3,(H,51,52)/b15-13-,16-14-,21-19-,25-20-. The van der Waals surface area contributed by atoms with E-state index in [9.17, 15) is 19.0 Å². The van der Waals surface area contributed by atoms with Crippen molar-refractivity contribution in [2.24, 2.45) is 0 Å². The molecule has 0 aliphatic carbocycles. The minimum atomic E-state index is -4.37. The third-order valence-electron chi connectivity index (χ3n) is 9.61. The number of nitrogens with zero attached hydrogens (tertiary/aromatic N) is 1. The molecule has 2 atom stereocenters. The van der Waals surface area contributed by atoms with Gasteiger partial charge in [-0.15, -0.1) is 0 Å². The maximum absolute atomic E-state index is 12.7. The Morgan fingerprint density at radius 1 is 0.544 bits per heavy atom. The molecule has 0 spiro atoms. The summed E-state index contributed by atoms with van der Waals surface area (Å²) in [5.41, 5.74) is 0. The van der Waals surface area contributed by atoms with Crippen LogP contribution >= 0.6 is 7.82 Å². The summed E-state index contributed by atoms with van der Waals surface area (Å²) in [4.78, 5) is 37.1. The fraction of sp³-hybridized carbons (Fsp3) is 0.787. The molecule has 0 aliphatic rings. The third-order valence-corrected chi connectivity index (χ3v) is 10.6. The van der Waals surface area contributed by atoms with Gasteiger partial charge in [0.2, 0.25) is 0 Å². The highest BCUT2D eigenvalue weighted by Crippen LogP contribution is 2.43. The second-order valence-electron chi connectivity index (χ2n) is 15.6. The maximum atomic E-state index is 12.7. The lowest BCUT2D eigenvalue weighted by Crippen LogP contribution is -2.29. The summed E-state index contributed by atoms with van der Waals surface area (Å²) in [5, 5.41) is 0. The van der Waals surface area contributed by atoms with E-state index >= 15 is 0 Å². The number of phosphoric ester groups is 1. The van der Waals surface area contributed by atoms with Crippen molar-refractivity contribution in [3.8, 4) is 0 Å². The first-order valence-corrected chi connectivity index (χ1v) is 24.4. The summed E-state index contributed by atoms with van der Waals surface area (Å²) in [6, 6.07) is 0. The first kappa shape index (κ1) is 55.0. The predicted octanol–water partition coefficient (Wildman–Crippen LogP) is 13.3. The van der Waals surface area contributed by atoms with Gasteiger partial charge in [-0.05, 0) is 91.1 Å². The van der Waals surface area contributed by atoms with Crippen LogP contribution in [0.3, 0.4) is 0 Å². The molecule has 332 valence electrons. The zero-order valence-electron chi connectivity index (χ0n) is 37.0. The van der Waals surface area contributed by atoms with E-state index in [0.29, 0.717) is 13.0 Å². The van der Waals surface area contributed by atoms with Gasteiger partial charge in [-0.3, -0.25) is 18.6 Å². The second kappa shape index (κ2) is 42.1. The molecule has 0 aliphatic heterocycles. The van der Waals surface area contributed by atoms with Crippen molar-refractivity contribution >= 4 is 19.8 Å². The first-order chi connectivity index (χ1) is 27.7. The van der Waals surface area contributed by atoms with Crippen LogP contribution in [0.1, 0.15) is 194 Å². The van der Waals surface area contributed by atoms with Crippen LogP contribution in [0.2, 0.25) is 0 Å². The van der Waals surface area contributed by atoms with E-state index < -0.39 is 26.5 Å². The summed E-state index contributed by atoms with van der Waals surface area (Å²) < 4.78 is 33.5. The van der Waals surface area contributed by atoms with Gasteiger partial charge in [0, 0.05) is 19.4 Å². The van der Waals surface area contributed by atoms with E-state index in [0.717, 1.165) is 64.2 Å². The van der Waals surface area contributed by atoms with Crippen LogP contribution in [-0.2, 0) is 32.7 Å². The zero-order valence-corrected chi connectivity index (χ0v) is 37.9. The van der Waals surface area contributed by atoms with E-state index in [2.05, 4.69) is 62.5 Å². The highest BCUT2D eigenvalue weighted by molar-refractivity contribution is 7.47. The number of hydrogen-bond donors (Lipinski definition) is 1. The van der Waals surface area contributed by atoms with Crippen molar-refractivity contribution in [3.63, 3.8) is 0 Å². The van der Waals surface area contributed by atoms with Crippen LogP contribution < -0.4 is 0 Å². The molecule has 0 saturated heterocycles. The smallest absolute Gasteiger partial charge is 0.462 e. The van der Waals surface area contributed by atoms with Crippen molar-refractivity contribution in [1.82, 2.24) is 4.90 Å². The molecule has 0 saturated carbocycles. The van der Waals surface area contributed by atoms with Gasteiger partial charge in [0.25, 0.3) is 0 Å². The van der Waals surface area contributed by atoms with Crippen molar-refractivity contribution in [1.29, 1.82) is 0 Å². The van der Waals surface area contributed by atoms with Gasteiger partial charge >= 0.3 is 19.8 Å². The van der Waals surface area contributed by atoms with Gasteiger partial charge in [0.15, 0.2) is 6.10 Å². The number of ether oxygens (including phenoxy) is 2. The van der Waals surface area contributed by atoms with Crippen molar-refractivity contribution < 1.29 is 37.6 Å². The Balaban J connectivity index is 4.27. The first-order valence-electron chi connectivity index (χ1n) is 22.9. The molecule has 0 fully saturated rings. The minimum absolute atomic E-state index is 0.00260. The van der Waals surface area contributed by atoms with Crippen LogP contribution in [0.4, 0.5) is 0 Å². The molecule has 0 amide bonds. The number of phosphoric acid groups is 1. The quantitative estimate of drug-likeness (QED) is 0.0278. The molecule has 9 nitrogen and oxygen atoms in total. The van der Waals surface area contributed by atoms with Crippen LogP contribution in [0.25, 0.3) is 0 Å². The molecule has 57 heavy (non-hydrogen) atoms. The SMILES string of the molecule is CCCCC/C=C\C/C=C\CCCCCCCCCCCC(=O)OCC(COP(=O)(O)OCCN(C)C)OC(=O)CCCCCCC/C=C\C/C=C\CCCCC. The zero-order chi connectivity index (χ0) is 41.9. The molecule has 0 radical (unpaired) electrons.